The van der Waals surface area contributed by atoms with Crippen LogP contribution in [0.5, 0.6) is 5.75 Å². The van der Waals surface area contributed by atoms with E-state index in [0.29, 0.717) is 24.4 Å². The van der Waals surface area contributed by atoms with Crippen LogP contribution in [0.4, 0.5) is 0 Å². The van der Waals surface area contributed by atoms with E-state index in [2.05, 4.69) is 0 Å². The molecule has 1 aromatic rings. The Morgan fingerprint density at radius 1 is 1.19 bits per heavy atom. The molecule has 0 bridgehead atoms. The maximum absolute atomic E-state index is 12.9. The zero-order valence-corrected chi connectivity index (χ0v) is 16.2. The Bertz CT molecular complexity index is 666. The summed E-state index contributed by atoms with van der Waals surface area (Å²) >= 11 is 0. The van der Waals surface area contributed by atoms with Crippen molar-refractivity contribution in [2.75, 3.05) is 13.1 Å². The predicted molar refractivity (Wildman–Crippen MR) is 100 cm³/mol. The number of nitrogens with zero attached hydrogens (tertiary/aromatic N) is 1. The van der Waals surface area contributed by atoms with Crippen molar-refractivity contribution in [1.29, 1.82) is 0 Å². The number of benzene rings is 1. The molecule has 0 unspecified atom stereocenters. The molecule has 1 amide bonds. The molecule has 1 saturated heterocycles. The molecule has 1 aromatic carbocycles. The molecular weight excluding hydrogens is 330 g/mol. The number of hydrogen-bond acceptors (Lipinski definition) is 4. The summed E-state index contributed by atoms with van der Waals surface area (Å²) in [5.41, 5.74) is 0.593. The monoisotopic (exact) mass is 359 g/mol. The summed E-state index contributed by atoms with van der Waals surface area (Å²) in [5, 5.41) is 0. The van der Waals surface area contributed by atoms with Gasteiger partial charge in [0.05, 0.1) is 6.10 Å². The van der Waals surface area contributed by atoms with E-state index >= 15 is 0 Å². The van der Waals surface area contributed by atoms with Crippen LogP contribution >= 0.6 is 0 Å². The first-order valence-corrected chi connectivity index (χ1v) is 9.41. The van der Waals surface area contributed by atoms with Crippen molar-refractivity contribution >= 4 is 17.5 Å². The molecular formula is C21H29NO4. The van der Waals surface area contributed by atoms with Gasteiger partial charge in [0.2, 0.25) is 5.78 Å². The van der Waals surface area contributed by atoms with Crippen molar-refractivity contribution in [3.63, 3.8) is 0 Å². The fraction of sp³-hybridized carbons (Fsp3) is 0.571. The second-order valence-corrected chi connectivity index (χ2v) is 7.67. The Morgan fingerprint density at radius 3 is 2.58 bits per heavy atom. The van der Waals surface area contributed by atoms with Crippen LogP contribution in [0, 0.1) is 11.8 Å². The first kappa shape index (κ1) is 20.1. The Morgan fingerprint density at radius 2 is 1.92 bits per heavy atom. The number of ether oxygens (including phenoxy) is 1. The van der Waals surface area contributed by atoms with Gasteiger partial charge in [-0.15, -0.1) is 0 Å². The van der Waals surface area contributed by atoms with Crippen molar-refractivity contribution in [3.8, 4) is 5.75 Å². The molecule has 1 fully saturated rings. The van der Waals surface area contributed by atoms with Gasteiger partial charge < -0.3 is 9.64 Å². The van der Waals surface area contributed by atoms with E-state index in [9.17, 15) is 14.4 Å². The summed E-state index contributed by atoms with van der Waals surface area (Å²) < 4.78 is 5.66. The maximum atomic E-state index is 12.9. The van der Waals surface area contributed by atoms with Crippen LogP contribution in [0.15, 0.2) is 24.3 Å². The molecule has 5 heteroatoms. The van der Waals surface area contributed by atoms with Gasteiger partial charge in [0.25, 0.3) is 5.91 Å². The van der Waals surface area contributed by atoms with Crippen molar-refractivity contribution in [2.45, 2.75) is 53.1 Å². The molecule has 2 rings (SSSR count). The summed E-state index contributed by atoms with van der Waals surface area (Å²) in [4.78, 5) is 38.8. The average Bonchev–Trinajstić information content (AvgIpc) is 2.59. The third-order valence-corrected chi connectivity index (χ3v) is 4.40. The molecule has 0 aliphatic carbocycles. The van der Waals surface area contributed by atoms with Crippen LogP contribution in [0.2, 0.25) is 0 Å². The Labute approximate surface area is 155 Å². The van der Waals surface area contributed by atoms with Gasteiger partial charge in [-0.1, -0.05) is 26.0 Å². The first-order chi connectivity index (χ1) is 12.3. The number of amides is 1. The van der Waals surface area contributed by atoms with Crippen LogP contribution in [0.1, 0.15) is 57.3 Å². The van der Waals surface area contributed by atoms with Crippen LogP contribution < -0.4 is 4.74 Å². The van der Waals surface area contributed by atoms with Gasteiger partial charge in [0.15, 0.2) is 5.78 Å². The molecule has 0 spiro atoms. The molecule has 5 nitrogen and oxygen atoms in total. The standard InChI is InChI=1S/C21H29NO4/c1-14(2)11-19(23)21(25)22-10-6-8-17(13-22)20(24)16-7-5-9-18(12-16)26-15(3)4/h5,7,9,12,14-15,17H,6,8,10-11,13H2,1-4H3/t17-/m1/s1. The topological polar surface area (TPSA) is 63.7 Å². The Balaban J connectivity index is 2.05. The van der Waals surface area contributed by atoms with Gasteiger partial charge in [-0.05, 0) is 44.7 Å². The number of Topliss-reactive ketones (excluding diaryl/α,β-unsaturated/α-hetero) is 2. The number of carbonyl (C=O) groups is 3. The van der Waals surface area contributed by atoms with E-state index in [1.54, 1.807) is 17.0 Å². The molecule has 0 aromatic heterocycles. The van der Waals surface area contributed by atoms with Gasteiger partial charge in [0, 0.05) is 31.0 Å². The highest BCUT2D eigenvalue weighted by atomic mass is 16.5. The fourth-order valence-electron chi connectivity index (χ4n) is 3.24. The van der Waals surface area contributed by atoms with Crippen LogP contribution in [-0.2, 0) is 9.59 Å². The van der Waals surface area contributed by atoms with E-state index in [-0.39, 0.29) is 35.9 Å². The van der Waals surface area contributed by atoms with E-state index in [0.717, 1.165) is 12.8 Å². The molecule has 142 valence electrons. The van der Waals surface area contributed by atoms with Crippen molar-refractivity contribution in [2.24, 2.45) is 11.8 Å². The van der Waals surface area contributed by atoms with E-state index in [1.165, 1.54) is 0 Å². The second-order valence-electron chi connectivity index (χ2n) is 7.67. The number of hydrogen-bond donors (Lipinski definition) is 0. The summed E-state index contributed by atoms with van der Waals surface area (Å²) in [6.07, 6.45) is 1.76. The van der Waals surface area contributed by atoms with Gasteiger partial charge in [-0.3, -0.25) is 14.4 Å². The summed E-state index contributed by atoms with van der Waals surface area (Å²) in [6.45, 7) is 8.57. The lowest BCUT2D eigenvalue weighted by molar-refractivity contribution is -0.146. The summed E-state index contributed by atoms with van der Waals surface area (Å²) in [7, 11) is 0. The third-order valence-electron chi connectivity index (χ3n) is 4.40. The number of piperidine rings is 1. The van der Waals surface area contributed by atoms with Crippen molar-refractivity contribution < 1.29 is 19.1 Å². The zero-order chi connectivity index (χ0) is 19.3. The quantitative estimate of drug-likeness (QED) is 0.552. The lowest BCUT2D eigenvalue weighted by Gasteiger charge is -2.31. The largest absolute Gasteiger partial charge is 0.491 e. The SMILES string of the molecule is CC(C)CC(=O)C(=O)N1CCC[C@@H](C(=O)c2cccc(OC(C)C)c2)C1. The lowest BCUT2D eigenvalue weighted by Crippen LogP contribution is -2.45. The molecule has 1 atom stereocenters. The summed E-state index contributed by atoms with van der Waals surface area (Å²) in [6, 6.07) is 7.17. The van der Waals surface area contributed by atoms with E-state index in [1.807, 2.05) is 39.8 Å². The smallest absolute Gasteiger partial charge is 0.289 e. The molecule has 0 radical (unpaired) electrons. The number of likely N-dealkylation sites (tertiary alicyclic amines) is 1. The normalized spacial score (nSPS) is 17.5. The minimum atomic E-state index is -0.451. The number of carbonyl (C=O) groups excluding carboxylic acids is 3. The van der Waals surface area contributed by atoms with Gasteiger partial charge in [-0.2, -0.15) is 0 Å². The van der Waals surface area contributed by atoms with Crippen LogP contribution in [0.25, 0.3) is 0 Å². The zero-order valence-electron chi connectivity index (χ0n) is 16.2. The minimum Gasteiger partial charge on any atom is -0.491 e. The minimum absolute atomic E-state index is 0.00742. The molecule has 26 heavy (non-hydrogen) atoms. The average molecular weight is 359 g/mol. The van der Waals surface area contributed by atoms with Gasteiger partial charge in [0.1, 0.15) is 5.75 Å². The van der Waals surface area contributed by atoms with E-state index in [4.69, 9.17) is 4.74 Å². The highest BCUT2D eigenvalue weighted by molar-refractivity contribution is 6.36. The van der Waals surface area contributed by atoms with Crippen LogP contribution in [-0.4, -0.2) is 41.6 Å². The highest BCUT2D eigenvalue weighted by Gasteiger charge is 2.31. The Kier molecular flexibility index (Phi) is 6.95. The Hall–Kier alpha value is -2.17. The second kappa shape index (κ2) is 8.97. The number of ketones is 2. The number of rotatable bonds is 7. The molecule has 0 N–H and O–H groups in total. The predicted octanol–water partition coefficient (Wildman–Crippen LogP) is 3.51. The maximum Gasteiger partial charge on any atom is 0.289 e. The molecule has 1 aliphatic heterocycles. The molecule has 1 aliphatic rings. The van der Waals surface area contributed by atoms with Gasteiger partial charge in [-0.25, -0.2) is 0 Å². The van der Waals surface area contributed by atoms with E-state index < -0.39 is 5.91 Å². The van der Waals surface area contributed by atoms with Crippen LogP contribution in [0.3, 0.4) is 0 Å². The first-order valence-electron chi connectivity index (χ1n) is 9.41. The third kappa shape index (κ3) is 5.41. The molecule has 1 heterocycles. The van der Waals surface area contributed by atoms with Gasteiger partial charge >= 0.3 is 0 Å². The fourth-order valence-corrected chi connectivity index (χ4v) is 3.24. The lowest BCUT2D eigenvalue weighted by atomic mass is 9.89. The van der Waals surface area contributed by atoms with Crippen molar-refractivity contribution in [1.82, 2.24) is 4.90 Å². The summed E-state index contributed by atoms with van der Waals surface area (Å²) in [5.74, 6) is -0.255. The van der Waals surface area contributed by atoms with Crippen molar-refractivity contribution in [3.05, 3.63) is 29.8 Å². The highest BCUT2D eigenvalue weighted by Crippen LogP contribution is 2.24. The molecule has 0 saturated carbocycles.